The first kappa shape index (κ1) is 12.3. The molecule has 6 heteroatoms. The monoisotopic (exact) mass is 254 g/mol. The molecule has 94 valence electrons. The zero-order valence-corrected chi connectivity index (χ0v) is 10.9. The molecule has 1 fully saturated rings. The summed E-state index contributed by atoms with van der Waals surface area (Å²) in [5.41, 5.74) is 7.27. The van der Waals surface area contributed by atoms with Crippen LogP contribution in [0.1, 0.15) is 35.4 Å². The van der Waals surface area contributed by atoms with Crippen LogP contribution in [0.5, 0.6) is 0 Å². The molecule has 0 aliphatic heterocycles. The van der Waals surface area contributed by atoms with Crippen LogP contribution in [0.3, 0.4) is 0 Å². The Kier molecular flexibility index (Phi) is 3.61. The fourth-order valence-electron chi connectivity index (χ4n) is 2.15. The fourth-order valence-corrected chi connectivity index (χ4v) is 2.95. The van der Waals surface area contributed by atoms with E-state index in [1.807, 2.05) is 11.8 Å². The van der Waals surface area contributed by atoms with E-state index in [1.165, 1.54) is 6.42 Å². The van der Waals surface area contributed by atoms with Crippen LogP contribution in [0.15, 0.2) is 0 Å². The number of hydrogen-bond donors (Lipinski definition) is 3. The van der Waals surface area contributed by atoms with Crippen molar-refractivity contribution in [2.24, 2.45) is 0 Å². The number of aryl methyl sites for hydroxylation is 1. The van der Waals surface area contributed by atoms with E-state index in [0.29, 0.717) is 16.6 Å². The summed E-state index contributed by atoms with van der Waals surface area (Å²) in [5, 5.41) is 10.3. The molecule has 1 heterocycles. The van der Waals surface area contributed by atoms with Crippen LogP contribution in [0.4, 0.5) is 5.69 Å². The van der Waals surface area contributed by atoms with Crippen LogP contribution in [-0.4, -0.2) is 33.7 Å². The molecule has 1 saturated carbocycles. The van der Waals surface area contributed by atoms with Gasteiger partial charge in [-0.05, 0) is 32.4 Å². The number of nitrogens with two attached hydrogens (primary N) is 1. The van der Waals surface area contributed by atoms with Crippen molar-refractivity contribution in [1.82, 2.24) is 15.5 Å². The molecule has 0 bridgehead atoms. The molecule has 4 N–H and O–H groups in total. The lowest BCUT2D eigenvalue weighted by molar-refractivity contribution is 0.0934. The van der Waals surface area contributed by atoms with E-state index in [-0.39, 0.29) is 11.9 Å². The van der Waals surface area contributed by atoms with Crippen molar-refractivity contribution in [3.63, 3.8) is 0 Å². The lowest BCUT2D eigenvalue weighted by Crippen LogP contribution is -2.33. The van der Waals surface area contributed by atoms with Crippen LogP contribution in [-0.2, 0) is 0 Å². The van der Waals surface area contributed by atoms with E-state index in [0.717, 1.165) is 18.5 Å². The average molecular weight is 254 g/mol. The topological polar surface area (TPSA) is 83.8 Å². The second-order valence-electron chi connectivity index (χ2n) is 4.45. The molecule has 1 aromatic rings. The first-order chi connectivity index (χ1) is 8.11. The highest BCUT2D eigenvalue weighted by Crippen LogP contribution is 2.28. The molecule has 1 amide bonds. The fraction of sp³-hybridized carbons (Fsp3) is 0.636. The minimum Gasteiger partial charge on any atom is -0.395 e. The quantitative estimate of drug-likeness (QED) is 0.759. The van der Waals surface area contributed by atoms with Crippen molar-refractivity contribution < 1.29 is 4.79 Å². The van der Waals surface area contributed by atoms with Gasteiger partial charge in [0.25, 0.3) is 5.91 Å². The maximum atomic E-state index is 11.9. The van der Waals surface area contributed by atoms with Crippen molar-refractivity contribution in [3.8, 4) is 0 Å². The number of rotatable bonds is 3. The van der Waals surface area contributed by atoms with E-state index in [4.69, 9.17) is 5.73 Å². The van der Waals surface area contributed by atoms with Crippen molar-refractivity contribution in [2.75, 3.05) is 12.0 Å². The van der Waals surface area contributed by atoms with Gasteiger partial charge in [-0.2, -0.15) is 16.9 Å². The molecule has 2 unspecified atom stereocenters. The third-order valence-electron chi connectivity index (χ3n) is 3.26. The molecule has 0 aromatic carbocycles. The van der Waals surface area contributed by atoms with Gasteiger partial charge < -0.3 is 11.1 Å². The van der Waals surface area contributed by atoms with Gasteiger partial charge in [0.2, 0.25) is 0 Å². The highest BCUT2D eigenvalue weighted by atomic mass is 32.2. The Morgan fingerprint density at radius 1 is 1.59 bits per heavy atom. The van der Waals surface area contributed by atoms with Gasteiger partial charge in [-0.25, -0.2) is 0 Å². The van der Waals surface area contributed by atoms with Crippen molar-refractivity contribution in [2.45, 2.75) is 37.5 Å². The van der Waals surface area contributed by atoms with Crippen LogP contribution in [0.25, 0.3) is 0 Å². The van der Waals surface area contributed by atoms with E-state index in [2.05, 4.69) is 21.8 Å². The number of carbonyl (C=O) groups excluding carboxylic acids is 1. The second kappa shape index (κ2) is 5.00. The molecule has 1 aliphatic rings. The van der Waals surface area contributed by atoms with Gasteiger partial charge in [-0.15, -0.1) is 0 Å². The Balaban J connectivity index is 1.96. The number of carbonyl (C=O) groups is 1. The Bertz CT molecular complexity index is 418. The lowest BCUT2D eigenvalue weighted by Gasteiger charge is -2.11. The van der Waals surface area contributed by atoms with E-state index >= 15 is 0 Å². The first-order valence-corrected chi connectivity index (χ1v) is 7.04. The first-order valence-electron chi connectivity index (χ1n) is 5.76. The van der Waals surface area contributed by atoms with Gasteiger partial charge >= 0.3 is 0 Å². The zero-order chi connectivity index (χ0) is 12.4. The summed E-state index contributed by atoms with van der Waals surface area (Å²) in [7, 11) is 0. The Morgan fingerprint density at radius 2 is 2.35 bits per heavy atom. The van der Waals surface area contributed by atoms with Gasteiger partial charge in [0.15, 0.2) is 5.69 Å². The maximum Gasteiger partial charge on any atom is 0.274 e. The number of H-pyrrole nitrogens is 1. The Labute approximate surface area is 105 Å². The van der Waals surface area contributed by atoms with Gasteiger partial charge in [0.1, 0.15) is 0 Å². The number of nitrogen functional groups attached to an aromatic ring is 1. The smallest absolute Gasteiger partial charge is 0.274 e. The standard InChI is InChI=1S/C11H18N4OS/c1-6-9(12)10(15-14-6)11(16)13-7-3-4-8(5-7)17-2/h7-8H,3-5,12H2,1-2H3,(H,13,16)(H,14,15). The summed E-state index contributed by atoms with van der Waals surface area (Å²) in [6.07, 6.45) is 5.36. The van der Waals surface area contributed by atoms with Crippen molar-refractivity contribution >= 4 is 23.4 Å². The number of aromatic nitrogens is 2. The van der Waals surface area contributed by atoms with E-state index in [9.17, 15) is 4.79 Å². The summed E-state index contributed by atoms with van der Waals surface area (Å²) in [5.74, 6) is -0.168. The third-order valence-corrected chi connectivity index (χ3v) is 4.36. The molecule has 0 saturated heterocycles. The van der Waals surface area contributed by atoms with Gasteiger partial charge in [0, 0.05) is 11.3 Å². The predicted octanol–water partition coefficient (Wildman–Crippen LogP) is 1.31. The van der Waals surface area contributed by atoms with Gasteiger partial charge in [-0.1, -0.05) is 0 Å². The van der Waals surface area contributed by atoms with Crippen LogP contribution >= 0.6 is 11.8 Å². The molecule has 0 radical (unpaired) electrons. The second-order valence-corrected chi connectivity index (χ2v) is 5.59. The molecular weight excluding hydrogens is 236 g/mol. The number of amides is 1. The average Bonchev–Trinajstić information content (AvgIpc) is 2.88. The molecule has 1 aromatic heterocycles. The van der Waals surface area contributed by atoms with E-state index < -0.39 is 0 Å². The van der Waals surface area contributed by atoms with Crippen LogP contribution in [0, 0.1) is 6.92 Å². The number of anilines is 1. The van der Waals surface area contributed by atoms with Gasteiger partial charge in [0.05, 0.1) is 11.4 Å². The Hall–Kier alpha value is -1.17. The highest BCUT2D eigenvalue weighted by molar-refractivity contribution is 7.99. The predicted molar refractivity (Wildman–Crippen MR) is 70.1 cm³/mol. The van der Waals surface area contributed by atoms with Crippen molar-refractivity contribution in [1.29, 1.82) is 0 Å². The molecule has 17 heavy (non-hydrogen) atoms. The maximum absolute atomic E-state index is 11.9. The number of nitrogens with zero attached hydrogens (tertiary/aromatic N) is 1. The molecule has 2 atom stereocenters. The SMILES string of the molecule is CSC1CCC(NC(=O)c2n[nH]c(C)c2N)C1. The summed E-state index contributed by atoms with van der Waals surface area (Å²) < 4.78 is 0. The van der Waals surface area contributed by atoms with Crippen molar-refractivity contribution in [3.05, 3.63) is 11.4 Å². The summed E-state index contributed by atoms with van der Waals surface area (Å²) in [4.78, 5) is 11.9. The van der Waals surface area contributed by atoms with Gasteiger partial charge in [-0.3, -0.25) is 9.89 Å². The summed E-state index contributed by atoms with van der Waals surface area (Å²) in [6, 6.07) is 0.261. The zero-order valence-electron chi connectivity index (χ0n) is 10.1. The lowest BCUT2D eigenvalue weighted by atomic mass is 10.2. The van der Waals surface area contributed by atoms with Crippen LogP contribution < -0.4 is 11.1 Å². The largest absolute Gasteiger partial charge is 0.395 e. The van der Waals surface area contributed by atoms with Crippen LogP contribution in [0.2, 0.25) is 0 Å². The number of nitrogens with one attached hydrogen (secondary N) is 2. The normalized spacial score (nSPS) is 23.9. The number of hydrogen-bond acceptors (Lipinski definition) is 4. The molecule has 5 nitrogen and oxygen atoms in total. The Morgan fingerprint density at radius 3 is 2.88 bits per heavy atom. The summed E-state index contributed by atoms with van der Waals surface area (Å²) >= 11 is 1.87. The molecule has 2 rings (SSSR count). The molecular formula is C11H18N4OS. The minimum absolute atomic E-state index is 0.168. The third kappa shape index (κ3) is 2.57. The number of aromatic amines is 1. The molecule has 0 spiro atoms. The molecule has 1 aliphatic carbocycles. The number of thioether (sulfide) groups is 1. The summed E-state index contributed by atoms with van der Waals surface area (Å²) in [6.45, 7) is 1.80. The highest BCUT2D eigenvalue weighted by Gasteiger charge is 2.26. The minimum atomic E-state index is -0.168. The van der Waals surface area contributed by atoms with E-state index in [1.54, 1.807) is 6.92 Å².